The third-order valence-electron chi connectivity index (χ3n) is 10.5. The summed E-state index contributed by atoms with van der Waals surface area (Å²) in [6.45, 7) is 20.1. The van der Waals surface area contributed by atoms with E-state index in [0.29, 0.717) is 0 Å². The Morgan fingerprint density at radius 2 is 1.31 bits per heavy atom. The van der Waals surface area contributed by atoms with E-state index in [2.05, 4.69) is 111 Å². The molecule has 3 aliphatic rings. The zero-order valence-corrected chi connectivity index (χ0v) is 32.4. The summed E-state index contributed by atoms with van der Waals surface area (Å²) in [4.78, 5) is 0. The molecule has 264 valence electrons. The summed E-state index contributed by atoms with van der Waals surface area (Å²) in [6, 6.07) is 28.6. The van der Waals surface area contributed by atoms with E-state index in [1.54, 1.807) is 0 Å². The molecule has 0 radical (unpaired) electrons. The molecule has 0 amide bonds. The summed E-state index contributed by atoms with van der Waals surface area (Å²) in [7, 11) is -6.18. The Labute approximate surface area is 294 Å². The minimum Gasteiger partial charge on any atom is -0.399 e. The largest absolute Gasteiger partial charge is 0.399 e. The molecular formula is C40H54O7Si2. The van der Waals surface area contributed by atoms with E-state index in [0.717, 1.165) is 21.5 Å². The van der Waals surface area contributed by atoms with Crippen LogP contribution in [0.1, 0.15) is 79.5 Å². The van der Waals surface area contributed by atoms with Crippen molar-refractivity contribution in [1.29, 1.82) is 0 Å². The second kappa shape index (κ2) is 13.3. The smallest absolute Gasteiger partial charge is 0.349 e. The van der Waals surface area contributed by atoms with E-state index in [1.165, 1.54) is 0 Å². The molecule has 9 heteroatoms. The van der Waals surface area contributed by atoms with E-state index < -0.39 is 59.8 Å². The first-order chi connectivity index (χ1) is 23.0. The van der Waals surface area contributed by atoms with Crippen molar-refractivity contribution >= 4 is 33.3 Å². The van der Waals surface area contributed by atoms with Crippen molar-refractivity contribution in [3.05, 3.63) is 102 Å². The van der Waals surface area contributed by atoms with Crippen molar-refractivity contribution in [3.63, 3.8) is 0 Å². The Morgan fingerprint density at radius 3 is 1.86 bits per heavy atom. The minimum absolute atomic E-state index is 0.282. The van der Waals surface area contributed by atoms with Crippen molar-refractivity contribution in [2.24, 2.45) is 0 Å². The summed E-state index contributed by atoms with van der Waals surface area (Å²) in [6.07, 6.45) is -2.24. The summed E-state index contributed by atoms with van der Waals surface area (Å²) < 4.78 is 35.0. The van der Waals surface area contributed by atoms with E-state index in [9.17, 15) is 10.2 Å². The lowest BCUT2D eigenvalue weighted by Crippen LogP contribution is -2.75. The molecule has 49 heavy (non-hydrogen) atoms. The normalized spacial score (nSPS) is 28.8. The molecular weight excluding hydrogens is 649 g/mol. The lowest BCUT2D eigenvalue weighted by Gasteiger charge is -2.59. The fourth-order valence-electron chi connectivity index (χ4n) is 8.34. The molecule has 2 aliphatic heterocycles. The highest BCUT2D eigenvalue weighted by Gasteiger charge is 2.66. The van der Waals surface area contributed by atoms with Gasteiger partial charge < -0.3 is 33.0 Å². The minimum atomic E-state index is -3.18. The highest BCUT2D eigenvalue weighted by Crippen LogP contribution is 2.55. The van der Waals surface area contributed by atoms with Gasteiger partial charge in [0.1, 0.15) is 36.6 Å². The van der Waals surface area contributed by atoms with Crippen LogP contribution in [0.4, 0.5) is 0 Å². The molecule has 0 spiro atoms. The lowest BCUT2D eigenvalue weighted by atomic mass is 9.92. The number of aliphatic hydroxyl groups excluding tert-OH is 2. The van der Waals surface area contributed by atoms with Crippen LogP contribution >= 0.6 is 0 Å². The standard InChI is InChI=1S/C40H54O7Si2/c1-38(2,3)48(28-19-12-10-13-20-28,29-21-14-11-15-22-29)46-36-34(42)37(44-31-25-24-27-18-16-17-23-30(27)33(31)41)45-32-26-43-49(39(4,5)6,40(7,8)9)47-35(32)36/h10-25,31-37,41-42H,26H2,1-9H3/t31-,32-,33-,34-,35-,36-,37+/m1/s1. The third kappa shape index (κ3) is 6.36. The maximum atomic E-state index is 12.5. The van der Waals surface area contributed by atoms with Crippen LogP contribution in [0.3, 0.4) is 0 Å². The Morgan fingerprint density at radius 1 is 0.755 bits per heavy atom. The number of hydrogen-bond donors (Lipinski definition) is 2. The Balaban J connectivity index is 1.46. The number of fused-ring (bicyclic) bond motifs is 2. The van der Waals surface area contributed by atoms with Gasteiger partial charge in [0, 0.05) is 10.1 Å². The molecule has 2 fully saturated rings. The van der Waals surface area contributed by atoms with Crippen molar-refractivity contribution in [2.45, 2.75) is 120 Å². The predicted molar refractivity (Wildman–Crippen MR) is 198 cm³/mol. The van der Waals surface area contributed by atoms with Gasteiger partial charge in [0.15, 0.2) is 6.29 Å². The summed E-state index contributed by atoms with van der Waals surface area (Å²) >= 11 is 0. The zero-order valence-electron chi connectivity index (χ0n) is 30.4. The summed E-state index contributed by atoms with van der Waals surface area (Å²) in [5.74, 6) is 0. The second-order valence-corrected chi connectivity index (χ2v) is 25.8. The van der Waals surface area contributed by atoms with Crippen LogP contribution in [0.2, 0.25) is 15.1 Å². The number of aliphatic hydroxyl groups is 2. The molecule has 2 saturated heterocycles. The monoisotopic (exact) mass is 702 g/mol. The molecule has 6 rings (SSSR count). The first kappa shape index (κ1) is 36.3. The number of rotatable bonds is 6. The maximum Gasteiger partial charge on any atom is 0.349 e. The van der Waals surface area contributed by atoms with E-state index in [4.69, 9.17) is 22.8 Å². The maximum absolute atomic E-state index is 12.5. The quantitative estimate of drug-likeness (QED) is 0.280. The fourth-order valence-corrected chi connectivity index (χ4v) is 18.0. The van der Waals surface area contributed by atoms with Crippen LogP contribution in [0.25, 0.3) is 6.08 Å². The van der Waals surface area contributed by atoms with Crippen molar-refractivity contribution in [1.82, 2.24) is 0 Å². The van der Waals surface area contributed by atoms with Crippen LogP contribution in [0, 0.1) is 0 Å². The van der Waals surface area contributed by atoms with Crippen molar-refractivity contribution in [2.75, 3.05) is 6.61 Å². The molecule has 2 heterocycles. The van der Waals surface area contributed by atoms with E-state index in [-0.39, 0.29) is 21.7 Å². The number of ether oxygens (including phenoxy) is 2. The Bertz CT molecular complexity index is 1560. The van der Waals surface area contributed by atoms with E-state index in [1.807, 2.05) is 48.6 Å². The van der Waals surface area contributed by atoms with Gasteiger partial charge in [-0.15, -0.1) is 0 Å². The van der Waals surface area contributed by atoms with Gasteiger partial charge in [-0.05, 0) is 26.5 Å². The predicted octanol–water partition coefficient (Wildman–Crippen LogP) is 6.62. The van der Waals surface area contributed by atoms with Gasteiger partial charge in [0.05, 0.1) is 6.61 Å². The highest BCUT2D eigenvalue weighted by molar-refractivity contribution is 6.99. The van der Waals surface area contributed by atoms with Gasteiger partial charge in [0.25, 0.3) is 8.32 Å². The average Bonchev–Trinajstić information content (AvgIpc) is 3.05. The molecule has 0 bridgehead atoms. The number of hydrogen-bond acceptors (Lipinski definition) is 7. The van der Waals surface area contributed by atoms with Crippen LogP contribution in [-0.2, 0) is 22.8 Å². The average molecular weight is 703 g/mol. The van der Waals surface area contributed by atoms with Gasteiger partial charge in [-0.25, -0.2) is 0 Å². The van der Waals surface area contributed by atoms with Crippen LogP contribution in [-0.4, -0.2) is 70.5 Å². The van der Waals surface area contributed by atoms with Gasteiger partial charge >= 0.3 is 8.56 Å². The molecule has 3 aromatic carbocycles. The SMILES string of the molecule is CC(C)(C)[Si](O[C@@H]1[C@@H](O)[C@@H](O[C@@H]2C=Cc3ccccc3[C@H]2O)O[C@@H]2CO[Si](C(C)(C)C)(C(C)(C)C)O[C@@H]12)(c1ccccc1)c1ccccc1. The molecule has 2 N–H and O–H groups in total. The number of benzene rings is 3. The topological polar surface area (TPSA) is 86.6 Å². The lowest BCUT2D eigenvalue weighted by molar-refractivity contribution is -0.317. The van der Waals surface area contributed by atoms with Crippen molar-refractivity contribution < 1.29 is 33.0 Å². The summed E-state index contributed by atoms with van der Waals surface area (Å²) in [5.41, 5.74) is 1.71. The van der Waals surface area contributed by atoms with Gasteiger partial charge in [-0.3, -0.25) is 0 Å². The van der Waals surface area contributed by atoms with Gasteiger partial charge in [-0.1, -0.05) is 159 Å². The van der Waals surface area contributed by atoms with Crippen LogP contribution in [0.5, 0.6) is 0 Å². The second-order valence-electron chi connectivity index (χ2n) is 16.8. The first-order valence-corrected chi connectivity index (χ1v) is 21.3. The van der Waals surface area contributed by atoms with Gasteiger partial charge in [0.2, 0.25) is 0 Å². The molecule has 7 nitrogen and oxygen atoms in total. The molecule has 0 aromatic heterocycles. The molecule has 0 saturated carbocycles. The zero-order chi connectivity index (χ0) is 35.4. The van der Waals surface area contributed by atoms with E-state index >= 15 is 0 Å². The molecule has 7 atom stereocenters. The van der Waals surface area contributed by atoms with Crippen LogP contribution in [0.15, 0.2) is 91.0 Å². The fraction of sp³-hybridized carbons (Fsp3) is 0.500. The third-order valence-corrected chi connectivity index (χ3v) is 20.6. The van der Waals surface area contributed by atoms with Gasteiger partial charge in [-0.2, -0.15) is 0 Å². The molecule has 1 aliphatic carbocycles. The van der Waals surface area contributed by atoms with Crippen molar-refractivity contribution in [3.8, 4) is 0 Å². The Hall–Kier alpha value is -2.45. The summed E-state index contributed by atoms with van der Waals surface area (Å²) in [5, 5.41) is 25.2. The molecule has 3 aromatic rings. The van der Waals surface area contributed by atoms with Crippen LogP contribution < -0.4 is 10.4 Å². The molecule has 0 unspecified atom stereocenters. The highest BCUT2D eigenvalue weighted by atomic mass is 28.4. The Kier molecular flexibility index (Phi) is 9.84. The first-order valence-electron chi connectivity index (χ1n) is 17.5.